The van der Waals surface area contributed by atoms with Gasteiger partial charge in [-0.15, -0.1) is 0 Å². The molecule has 0 saturated carbocycles. The molecule has 1 aromatic carbocycles. The average molecular weight is 421 g/mol. The molecule has 140 valence electrons. The van der Waals surface area contributed by atoms with E-state index in [0.717, 1.165) is 12.1 Å². The van der Waals surface area contributed by atoms with Crippen molar-refractivity contribution in [1.29, 1.82) is 0 Å². The van der Waals surface area contributed by atoms with E-state index in [4.69, 9.17) is 0 Å². The Balaban J connectivity index is 2.07. The molecule has 0 aliphatic rings. The minimum atomic E-state index is -0.315. The molecule has 1 aromatic heterocycles. The van der Waals surface area contributed by atoms with Gasteiger partial charge in [0.15, 0.2) is 5.69 Å². The van der Waals surface area contributed by atoms with Crippen LogP contribution in [-0.4, -0.2) is 27.6 Å². The highest BCUT2D eigenvalue weighted by Crippen LogP contribution is 2.26. The van der Waals surface area contributed by atoms with Crippen LogP contribution >= 0.6 is 15.9 Å². The standard InChI is InChI=1S/C19H25BrN4O2/c1-6-19(4,5)22-17(25)12-7-9-13(10-8-12)21-18(26)16-14(20)15(11(2)3)23-24-16/h7-11H,6H2,1-5H3,(H,21,26)(H,22,25)(H,23,24). The van der Waals surface area contributed by atoms with Crippen LogP contribution in [0.15, 0.2) is 28.7 Å². The number of carbonyl (C=O) groups excluding carboxylic acids is 2. The Kier molecular flexibility index (Phi) is 6.23. The molecule has 1 heterocycles. The second-order valence-electron chi connectivity index (χ2n) is 7.18. The monoisotopic (exact) mass is 420 g/mol. The SMILES string of the molecule is CCC(C)(C)NC(=O)c1ccc(NC(=O)c2n[nH]c(C(C)C)c2Br)cc1. The number of aromatic amines is 1. The second kappa shape index (κ2) is 8.03. The number of rotatable bonds is 6. The summed E-state index contributed by atoms with van der Waals surface area (Å²) < 4.78 is 0.669. The number of halogens is 1. The van der Waals surface area contributed by atoms with E-state index in [9.17, 15) is 9.59 Å². The number of hydrogen-bond donors (Lipinski definition) is 3. The normalized spacial score (nSPS) is 11.5. The van der Waals surface area contributed by atoms with Crippen LogP contribution < -0.4 is 10.6 Å². The van der Waals surface area contributed by atoms with E-state index >= 15 is 0 Å². The molecule has 0 atom stereocenters. The molecule has 0 saturated heterocycles. The lowest BCUT2D eigenvalue weighted by Gasteiger charge is -2.24. The third kappa shape index (κ3) is 4.72. The Hall–Kier alpha value is -2.15. The number of carbonyl (C=O) groups is 2. The summed E-state index contributed by atoms with van der Waals surface area (Å²) in [7, 11) is 0. The minimum absolute atomic E-state index is 0.133. The third-order valence-electron chi connectivity index (χ3n) is 4.27. The number of nitrogens with one attached hydrogen (secondary N) is 3. The zero-order valence-corrected chi connectivity index (χ0v) is 17.3. The van der Waals surface area contributed by atoms with Crippen LogP contribution in [0.3, 0.4) is 0 Å². The average Bonchev–Trinajstić information content (AvgIpc) is 2.97. The summed E-state index contributed by atoms with van der Waals surface area (Å²) in [6.07, 6.45) is 0.837. The van der Waals surface area contributed by atoms with Crippen molar-refractivity contribution >= 4 is 33.4 Å². The van der Waals surface area contributed by atoms with Crippen molar-refractivity contribution in [1.82, 2.24) is 15.5 Å². The molecule has 3 N–H and O–H groups in total. The largest absolute Gasteiger partial charge is 0.347 e. The molecule has 2 rings (SSSR count). The number of H-pyrrole nitrogens is 1. The highest BCUT2D eigenvalue weighted by Gasteiger charge is 2.20. The van der Waals surface area contributed by atoms with Gasteiger partial charge in [0.05, 0.1) is 10.2 Å². The molecule has 26 heavy (non-hydrogen) atoms. The number of hydrogen-bond acceptors (Lipinski definition) is 3. The third-order valence-corrected chi connectivity index (χ3v) is 5.07. The number of amides is 2. The lowest BCUT2D eigenvalue weighted by Crippen LogP contribution is -2.42. The molecular weight excluding hydrogens is 396 g/mol. The van der Waals surface area contributed by atoms with Crippen molar-refractivity contribution in [3.8, 4) is 0 Å². The molecule has 6 nitrogen and oxygen atoms in total. The first-order chi connectivity index (χ1) is 12.1. The van der Waals surface area contributed by atoms with Gasteiger partial charge >= 0.3 is 0 Å². The first-order valence-corrected chi connectivity index (χ1v) is 9.41. The molecule has 0 aliphatic carbocycles. The zero-order chi connectivity index (χ0) is 19.5. The molecule has 0 fully saturated rings. The van der Waals surface area contributed by atoms with Crippen molar-refractivity contribution in [3.63, 3.8) is 0 Å². The van der Waals surface area contributed by atoms with Gasteiger partial charge in [-0.3, -0.25) is 14.7 Å². The Bertz CT molecular complexity index is 794. The highest BCUT2D eigenvalue weighted by molar-refractivity contribution is 9.10. The molecule has 2 aromatic rings. The summed E-state index contributed by atoms with van der Waals surface area (Å²) in [5, 5.41) is 12.7. The van der Waals surface area contributed by atoms with Crippen LogP contribution in [0.2, 0.25) is 0 Å². The van der Waals surface area contributed by atoms with Gasteiger partial charge in [0.2, 0.25) is 0 Å². The molecule has 0 bridgehead atoms. The summed E-state index contributed by atoms with van der Waals surface area (Å²) in [6.45, 7) is 10.0. The van der Waals surface area contributed by atoms with Crippen LogP contribution in [0.5, 0.6) is 0 Å². The van der Waals surface area contributed by atoms with Gasteiger partial charge < -0.3 is 10.6 Å². The van der Waals surface area contributed by atoms with Gasteiger partial charge in [-0.1, -0.05) is 20.8 Å². The van der Waals surface area contributed by atoms with Crippen molar-refractivity contribution in [3.05, 3.63) is 45.7 Å². The molecule has 0 radical (unpaired) electrons. The fourth-order valence-corrected chi connectivity index (χ4v) is 3.05. The van der Waals surface area contributed by atoms with E-state index in [1.807, 2.05) is 34.6 Å². The van der Waals surface area contributed by atoms with E-state index < -0.39 is 0 Å². The summed E-state index contributed by atoms with van der Waals surface area (Å²) >= 11 is 3.42. The van der Waals surface area contributed by atoms with Gasteiger partial charge in [0.1, 0.15) is 0 Å². The van der Waals surface area contributed by atoms with Crippen LogP contribution in [0.1, 0.15) is 73.5 Å². The van der Waals surface area contributed by atoms with Crippen molar-refractivity contribution in [2.45, 2.75) is 52.5 Å². The number of aromatic nitrogens is 2. The fraction of sp³-hybridized carbons (Fsp3) is 0.421. The number of anilines is 1. The first kappa shape index (κ1) is 20.2. The lowest BCUT2D eigenvalue weighted by molar-refractivity contribution is 0.0911. The predicted molar refractivity (Wildman–Crippen MR) is 107 cm³/mol. The van der Waals surface area contributed by atoms with Gasteiger partial charge in [-0.05, 0) is 66.4 Å². The molecule has 0 spiro atoms. The second-order valence-corrected chi connectivity index (χ2v) is 7.97. The molecule has 0 aliphatic heterocycles. The molecule has 0 unspecified atom stereocenters. The summed E-state index contributed by atoms with van der Waals surface area (Å²) in [4.78, 5) is 24.7. The van der Waals surface area contributed by atoms with Gasteiger partial charge in [-0.2, -0.15) is 5.10 Å². The van der Waals surface area contributed by atoms with Crippen molar-refractivity contribution in [2.24, 2.45) is 0 Å². The minimum Gasteiger partial charge on any atom is -0.347 e. The van der Waals surface area contributed by atoms with Crippen molar-refractivity contribution in [2.75, 3.05) is 5.32 Å². The summed E-state index contributed by atoms with van der Waals surface area (Å²) in [5.74, 6) is -0.223. The van der Waals surface area contributed by atoms with Crippen LogP contribution in [0.25, 0.3) is 0 Å². The topological polar surface area (TPSA) is 86.9 Å². The fourth-order valence-electron chi connectivity index (χ4n) is 2.24. The Morgan fingerprint density at radius 2 is 1.81 bits per heavy atom. The molecular formula is C19H25BrN4O2. The quantitative estimate of drug-likeness (QED) is 0.644. The van der Waals surface area contributed by atoms with E-state index in [2.05, 4.69) is 36.8 Å². The van der Waals surface area contributed by atoms with E-state index in [0.29, 0.717) is 21.4 Å². The van der Waals surface area contributed by atoms with Crippen LogP contribution in [0, 0.1) is 0 Å². The lowest BCUT2D eigenvalue weighted by atomic mass is 10.0. The summed E-state index contributed by atoms with van der Waals surface area (Å²) in [5.41, 5.74) is 2.07. The van der Waals surface area contributed by atoms with Gasteiger partial charge in [-0.25, -0.2) is 0 Å². The zero-order valence-electron chi connectivity index (χ0n) is 15.7. The van der Waals surface area contributed by atoms with Gasteiger partial charge in [0, 0.05) is 16.8 Å². The number of nitrogens with zero attached hydrogens (tertiary/aromatic N) is 1. The smallest absolute Gasteiger partial charge is 0.277 e. The van der Waals surface area contributed by atoms with Gasteiger partial charge in [0.25, 0.3) is 11.8 Å². The maximum atomic E-state index is 12.4. The van der Waals surface area contributed by atoms with E-state index in [-0.39, 0.29) is 23.3 Å². The maximum Gasteiger partial charge on any atom is 0.277 e. The van der Waals surface area contributed by atoms with E-state index in [1.54, 1.807) is 24.3 Å². The van der Waals surface area contributed by atoms with E-state index in [1.165, 1.54) is 0 Å². The highest BCUT2D eigenvalue weighted by atomic mass is 79.9. The predicted octanol–water partition coefficient (Wildman–Crippen LogP) is 4.47. The Morgan fingerprint density at radius 3 is 2.31 bits per heavy atom. The van der Waals surface area contributed by atoms with Crippen molar-refractivity contribution < 1.29 is 9.59 Å². The maximum absolute atomic E-state index is 12.4. The molecule has 2 amide bonds. The van der Waals surface area contributed by atoms with Crippen LogP contribution in [0.4, 0.5) is 5.69 Å². The number of benzene rings is 1. The van der Waals surface area contributed by atoms with Crippen LogP contribution in [-0.2, 0) is 0 Å². The molecule has 7 heteroatoms. The first-order valence-electron chi connectivity index (χ1n) is 8.62. The summed E-state index contributed by atoms with van der Waals surface area (Å²) in [6, 6.07) is 6.79. The Morgan fingerprint density at radius 1 is 1.19 bits per heavy atom. The Labute approximate surface area is 162 Å².